The average molecular weight is 541 g/mol. The molecule has 1 aromatic heterocycles. The maximum absolute atomic E-state index is 13.8. The van der Waals surface area contributed by atoms with Crippen LogP contribution in [0.5, 0.6) is 0 Å². The van der Waals surface area contributed by atoms with E-state index in [1.165, 1.54) is 16.0 Å². The van der Waals surface area contributed by atoms with Crippen LogP contribution in [0, 0.1) is 0 Å². The van der Waals surface area contributed by atoms with Crippen LogP contribution in [-0.4, -0.2) is 51.5 Å². The fourth-order valence-corrected chi connectivity index (χ4v) is 5.09. The molecule has 0 radical (unpaired) electrons. The van der Waals surface area contributed by atoms with Crippen LogP contribution in [0.15, 0.2) is 85.1 Å². The molecule has 198 valence electrons. The summed E-state index contributed by atoms with van der Waals surface area (Å²) in [5.74, 6) is -0.926. The smallest absolute Gasteiger partial charge is 0.323 e. The Morgan fingerprint density at radius 2 is 1.69 bits per heavy atom. The Bertz CT molecular complexity index is 1480. The Labute approximate surface area is 232 Å². The lowest BCUT2D eigenvalue weighted by molar-refractivity contribution is -0.137. The van der Waals surface area contributed by atoms with Crippen molar-refractivity contribution in [3.8, 4) is 0 Å². The summed E-state index contributed by atoms with van der Waals surface area (Å²) in [4.78, 5) is 38.4. The zero-order valence-corrected chi connectivity index (χ0v) is 22.2. The summed E-state index contributed by atoms with van der Waals surface area (Å²) in [6.07, 6.45) is 3.33. The zero-order valence-electron chi connectivity index (χ0n) is 21.5. The predicted octanol–water partition coefficient (Wildman–Crippen LogP) is 5.05. The van der Waals surface area contributed by atoms with Crippen LogP contribution in [0.3, 0.4) is 0 Å². The molecule has 1 aliphatic rings. The van der Waals surface area contributed by atoms with Crippen LogP contribution in [0.2, 0.25) is 5.02 Å². The first-order valence-electron chi connectivity index (χ1n) is 12.9. The Balaban J connectivity index is 1.46. The number of fused-ring (bicyclic) bond motifs is 1. The molecule has 1 N–H and O–H groups in total. The van der Waals surface area contributed by atoms with Gasteiger partial charge in [0.2, 0.25) is 5.95 Å². The normalized spacial score (nSPS) is 12.6. The van der Waals surface area contributed by atoms with E-state index in [-0.39, 0.29) is 6.54 Å². The van der Waals surface area contributed by atoms with Crippen molar-refractivity contribution in [1.29, 1.82) is 0 Å². The van der Waals surface area contributed by atoms with Gasteiger partial charge in [-0.15, -0.1) is 0 Å². The number of carbonyl (C=O) groups is 2. The van der Waals surface area contributed by atoms with E-state index in [2.05, 4.69) is 28.1 Å². The molecule has 0 bridgehead atoms. The monoisotopic (exact) mass is 540 g/mol. The number of rotatable bonds is 9. The number of anilines is 1. The van der Waals surface area contributed by atoms with Crippen molar-refractivity contribution < 1.29 is 14.7 Å². The van der Waals surface area contributed by atoms with Gasteiger partial charge in [-0.1, -0.05) is 78.3 Å². The van der Waals surface area contributed by atoms with Crippen molar-refractivity contribution in [3.63, 3.8) is 0 Å². The first-order chi connectivity index (χ1) is 19.0. The first kappa shape index (κ1) is 26.4. The summed E-state index contributed by atoms with van der Waals surface area (Å²) in [6, 6.07) is 25.5. The summed E-state index contributed by atoms with van der Waals surface area (Å²) in [7, 11) is 0. The minimum Gasteiger partial charge on any atom is -0.480 e. The van der Waals surface area contributed by atoms with Crippen LogP contribution in [-0.2, 0) is 30.6 Å². The zero-order chi connectivity index (χ0) is 27.2. The molecule has 0 saturated carbocycles. The molecule has 0 fully saturated rings. The van der Waals surface area contributed by atoms with E-state index >= 15 is 0 Å². The number of benzene rings is 3. The highest BCUT2D eigenvalue weighted by molar-refractivity contribution is 6.30. The van der Waals surface area contributed by atoms with Crippen molar-refractivity contribution in [2.24, 2.45) is 0 Å². The topological polar surface area (TPSA) is 86.6 Å². The fourth-order valence-electron chi connectivity index (χ4n) is 4.87. The molecule has 0 aliphatic carbocycles. The van der Waals surface area contributed by atoms with Crippen molar-refractivity contribution in [2.75, 3.05) is 24.5 Å². The van der Waals surface area contributed by atoms with Crippen LogP contribution in [0.1, 0.15) is 38.3 Å². The van der Waals surface area contributed by atoms with E-state index in [0.717, 1.165) is 24.1 Å². The SMILES string of the molecule is O=C(O)CN(CCc1ccccc1)C(=O)c1cnc(N2CCc3ccccc3C2)nc1Cc1cccc(Cl)c1. The number of halogens is 1. The van der Waals surface area contributed by atoms with Gasteiger partial charge in [0.1, 0.15) is 6.54 Å². The van der Waals surface area contributed by atoms with Gasteiger partial charge in [0.15, 0.2) is 0 Å². The van der Waals surface area contributed by atoms with Gasteiger partial charge in [-0.05, 0) is 47.2 Å². The van der Waals surface area contributed by atoms with Gasteiger partial charge in [0.25, 0.3) is 5.91 Å². The third-order valence-electron chi connectivity index (χ3n) is 6.89. The highest BCUT2D eigenvalue weighted by Gasteiger charge is 2.25. The largest absolute Gasteiger partial charge is 0.480 e. The van der Waals surface area contributed by atoms with Gasteiger partial charge in [0.05, 0.1) is 11.3 Å². The van der Waals surface area contributed by atoms with Crippen molar-refractivity contribution in [2.45, 2.75) is 25.8 Å². The summed E-state index contributed by atoms with van der Waals surface area (Å²) in [5, 5.41) is 10.2. The Kier molecular flexibility index (Phi) is 8.18. The molecule has 39 heavy (non-hydrogen) atoms. The number of carbonyl (C=O) groups excluding carboxylic acids is 1. The molecular formula is C31H29ClN4O3. The standard InChI is InChI=1S/C31H29ClN4O3/c32-26-12-6-9-23(17-26)18-28-27(30(39)35(21-29(37)38)15-13-22-7-2-1-3-8-22)19-33-31(34-28)36-16-14-24-10-4-5-11-25(24)20-36/h1-12,17,19H,13-16,18,20-21H2,(H,37,38). The van der Waals surface area contributed by atoms with Gasteiger partial charge in [0, 0.05) is 37.3 Å². The summed E-state index contributed by atoms with van der Waals surface area (Å²) < 4.78 is 0. The van der Waals surface area contributed by atoms with Crippen LogP contribution >= 0.6 is 11.6 Å². The molecule has 3 aromatic carbocycles. The van der Waals surface area contributed by atoms with E-state index in [0.29, 0.717) is 41.6 Å². The van der Waals surface area contributed by atoms with Crippen LogP contribution < -0.4 is 4.90 Å². The molecule has 7 nitrogen and oxygen atoms in total. The summed E-state index contributed by atoms with van der Waals surface area (Å²) in [6.45, 7) is 1.30. The first-order valence-corrected chi connectivity index (χ1v) is 13.3. The van der Waals surface area contributed by atoms with Crippen molar-refractivity contribution in [1.82, 2.24) is 14.9 Å². The van der Waals surface area contributed by atoms with E-state index < -0.39 is 18.4 Å². The molecule has 0 saturated heterocycles. The predicted molar refractivity (Wildman–Crippen MR) is 151 cm³/mol. The minimum atomic E-state index is -1.07. The molecule has 0 spiro atoms. The van der Waals surface area contributed by atoms with Gasteiger partial charge in [-0.2, -0.15) is 0 Å². The lowest BCUT2D eigenvalue weighted by atomic mass is 10.0. The number of aliphatic carboxylic acids is 1. The molecule has 8 heteroatoms. The number of hydrogen-bond acceptors (Lipinski definition) is 5. The number of carboxylic acid groups (broad SMARTS) is 1. The number of nitrogens with zero attached hydrogens (tertiary/aromatic N) is 4. The summed E-state index contributed by atoms with van der Waals surface area (Å²) >= 11 is 6.24. The molecule has 5 rings (SSSR count). The molecule has 4 aromatic rings. The van der Waals surface area contributed by atoms with Crippen molar-refractivity contribution in [3.05, 3.63) is 124 Å². The van der Waals surface area contributed by atoms with Crippen LogP contribution in [0.4, 0.5) is 5.95 Å². The van der Waals surface area contributed by atoms with Gasteiger partial charge in [-0.3, -0.25) is 9.59 Å². The second kappa shape index (κ2) is 12.1. The molecule has 0 unspecified atom stereocenters. The van der Waals surface area contributed by atoms with E-state index in [1.54, 1.807) is 12.3 Å². The number of amides is 1. The number of hydrogen-bond donors (Lipinski definition) is 1. The van der Waals surface area contributed by atoms with Crippen LogP contribution in [0.25, 0.3) is 0 Å². The average Bonchev–Trinajstić information content (AvgIpc) is 2.95. The van der Waals surface area contributed by atoms with E-state index in [9.17, 15) is 14.7 Å². The van der Waals surface area contributed by atoms with E-state index in [4.69, 9.17) is 16.6 Å². The second-order valence-electron chi connectivity index (χ2n) is 9.63. The number of carboxylic acids is 1. The summed E-state index contributed by atoms with van der Waals surface area (Å²) in [5.41, 5.74) is 5.32. The third-order valence-corrected chi connectivity index (χ3v) is 7.12. The fraction of sp³-hybridized carbons (Fsp3) is 0.226. The Hall–Kier alpha value is -4.23. The molecular weight excluding hydrogens is 512 g/mol. The molecule has 1 aliphatic heterocycles. The van der Waals surface area contributed by atoms with Crippen molar-refractivity contribution >= 4 is 29.4 Å². The third kappa shape index (κ3) is 6.62. The molecule has 0 atom stereocenters. The lowest BCUT2D eigenvalue weighted by Gasteiger charge is -2.29. The van der Waals surface area contributed by atoms with Gasteiger partial charge >= 0.3 is 5.97 Å². The molecule has 2 heterocycles. The Morgan fingerprint density at radius 1 is 0.949 bits per heavy atom. The molecule has 1 amide bonds. The maximum atomic E-state index is 13.8. The highest BCUT2D eigenvalue weighted by Crippen LogP contribution is 2.24. The highest BCUT2D eigenvalue weighted by atomic mass is 35.5. The maximum Gasteiger partial charge on any atom is 0.323 e. The minimum absolute atomic E-state index is 0.260. The quantitative estimate of drug-likeness (QED) is 0.319. The second-order valence-corrected chi connectivity index (χ2v) is 10.1. The van der Waals surface area contributed by atoms with Gasteiger partial charge < -0.3 is 14.9 Å². The Morgan fingerprint density at radius 3 is 2.46 bits per heavy atom. The lowest BCUT2D eigenvalue weighted by Crippen LogP contribution is -2.38. The van der Waals surface area contributed by atoms with E-state index in [1.807, 2.05) is 54.6 Å². The number of aromatic nitrogens is 2. The van der Waals surface area contributed by atoms with Gasteiger partial charge in [-0.25, -0.2) is 9.97 Å².